The average Bonchev–Trinajstić information content (AvgIpc) is 2.53. The molecular weight excluding hydrogens is 264 g/mol. The number of hydrogen-bond acceptors (Lipinski definition) is 0. The van der Waals surface area contributed by atoms with E-state index in [-0.39, 0.29) is 0 Å². The predicted molar refractivity (Wildman–Crippen MR) is 101 cm³/mol. The fraction of sp³-hybridized carbons (Fsp3) is 0.818. The molecule has 0 heteroatoms. The molecule has 0 atom stereocenters. The van der Waals surface area contributed by atoms with Crippen molar-refractivity contribution in [1.29, 1.82) is 0 Å². The molecule has 0 bridgehead atoms. The van der Waals surface area contributed by atoms with E-state index in [9.17, 15) is 0 Å². The number of allylic oxidation sites excluding steroid dienone is 4. The van der Waals surface area contributed by atoms with Gasteiger partial charge in [0.25, 0.3) is 0 Å². The van der Waals surface area contributed by atoms with E-state index < -0.39 is 0 Å². The van der Waals surface area contributed by atoms with Gasteiger partial charge in [-0.25, -0.2) is 0 Å². The van der Waals surface area contributed by atoms with Gasteiger partial charge in [-0.05, 0) is 25.7 Å². The molecule has 1 aliphatic rings. The quantitative estimate of drug-likeness (QED) is 0.423. The fourth-order valence-corrected chi connectivity index (χ4v) is 3.35. The van der Waals surface area contributed by atoms with Crippen LogP contribution < -0.4 is 0 Å². The van der Waals surface area contributed by atoms with Gasteiger partial charge in [0, 0.05) is 0 Å². The normalized spacial score (nSPS) is 22.5. The molecule has 0 nitrogen and oxygen atoms in total. The molecule has 0 radical (unpaired) electrons. The molecule has 0 aromatic rings. The van der Waals surface area contributed by atoms with Gasteiger partial charge in [-0.3, -0.25) is 0 Å². The Morgan fingerprint density at radius 3 is 0.773 bits per heavy atom. The Labute approximate surface area is 140 Å². The molecule has 0 spiro atoms. The lowest BCUT2D eigenvalue weighted by Crippen LogP contribution is -1.84. The molecule has 0 heterocycles. The second-order valence-electron chi connectivity index (χ2n) is 7.09. The Hall–Kier alpha value is -0.520. The zero-order valence-corrected chi connectivity index (χ0v) is 15.0. The maximum absolute atomic E-state index is 2.35. The van der Waals surface area contributed by atoms with Crippen molar-refractivity contribution in [1.82, 2.24) is 0 Å². The van der Waals surface area contributed by atoms with E-state index in [0.717, 1.165) is 0 Å². The van der Waals surface area contributed by atoms with Crippen molar-refractivity contribution < 1.29 is 0 Å². The summed E-state index contributed by atoms with van der Waals surface area (Å²) >= 11 is 0. The van der Waals surface area contributed by atoms with Gasteiger partial charge in [0.1, 0.15) is 0 Å². The van der Waals surface area contributed by atoms with E-state index in [1.807, 2.05) is 0 Å². The highest BCUT2D eigenvalue weighted by molar-refractivity contribution is 5.02. The van der Waals surface area contributed by atoms with Crippen molar-refractivity contribution >= 4 is 0 Å². The van der Waals surface area contributed by atoms with Crippen molar-refractivity contribution in [3.63, 3.8) is 0 Å². The SMILES string of the molecule is C1=CCCCCCCCCCCCCCCCCCCC=C1. The lowest BCUT2D eigenvalue weighted by Gasteiger charge is -2.03. The smallest absolute Gasteiger partial charge is 0.0348 e. The molecule has 0 aliphatic heterocycles. The van der Waals surface area contributed by atoms with Crippen LogP contribution in [0.1, 0.15) is 116 Å². The summed E-state index contributed by atoms with van der Waals surface area (Å²) in [6, 6.07) is 0. The molecule has 0 aromatic heterocycles. The van der Waals surface area contributed by atoms with Gasteiger partial charge in [0.05, 0.1) is 0 Å². The van der Waals surface area contributed by atoms with E-state index in [4.69, 9.17) is 0 Å². The van der Waals surface area contributed by atoms with Crippen LogP contribution in [0.4, 0.5) is 0 Å². The van der Waals surface area contributed by atoms with Crippen LogP contribution >= 0.6 is 0 Å². The van der Waals surface area contributed by atoms with Gasteiger partial charge in [-0.15, -0.1) is 0 Å². The second-order valence-corrected chi connectivity index (χ2v) is 7.09. The average molecular weight is 305 g/mol. The number of rotatable bonds is 0. The van der Waals surface area contributed by atoms with E-state index >= 15 is 0 Å². The largest absolute Gasteiger partial charge is 0.0845 e. The van der Waals surface area contributed by atoms with Crippen LogP contribution in [0, 0.1) is 0 Å². The monoisotopic (exact) mass is 304 g/mol. The van der Waals surface area contributed by atoms with Crippen molar-refractivity contribution in [2.45, 2.75) is 116 Å². The van der Waals surface area contributed by atoms with Gasteiger partial charge in [-0.1, -0.05) is 114 Å². The molecule has 0 saturated carbocycles. The lowest BCUT2D eigenvalue weighted by molar-refractivity contribution is 0.528. The summed E-state index contributed by atoms with van der Waals surface area (Å²) in [4.78, 5) is 0. The molecule has 0 fully saturated rings. The summed E-state index contributed by atoms with van der Waals surface area (Å²) in [6.45, 7) is 0. The van der Waals surface area contributed by atoms with E-state index in [0.29, 0.717) is 0 Å². The lowest BCUT2D eigenvalue weighted by atomic mass is 10.0. The second kappa shape index (κ2) is 16.8. The van der Waals surface area contributed by atoms with Crippen molar-refractivity contribution in [2.75, 3.05) is 0 Å². The Morgan fingerprint density at radius 2 is 0.500 bits per heavy atom. The standard InChI is InChI=1S/C22H40/c1-2-4-6-8-10-12-14-16-18-20-22-21-19-17-15-13-11-9-7-5-3-1/h1-4H,5-22H2. The molecular formula is C22H40. The number of hydrogen-bond donors (Lipinski definition) is 0. The third kappa shape index (κ3) is 14.4. The Morgan fingerprint density at radius 1 is 0.273 bits per heavy atom. The molecule has 0 amide bonds. The highest BCUT2D eigenvalue weighted by Gasteiger charge is 1.94. The molecule has 22 heavy (non-hydrogen) atoms. The molecule has 1 rings (SSSR count). The summed E-state index contributed by atoms with van der Waals surface area (Å²) in [5.74, 6) is 0. The Balaban J connectivity index is 2.10. The van der Waals surface area contributed by atoms with Crippen molar-refractivity contribution in [3.05, 3.63) is 24.3 Å². The van der Waals surface area contributed by atoms with Crippen LogP contribution in [-0.4, -0.2) is 0 Å². The minimum Gasteiger partial charge on any atom is -0.0845 e. The van der Waals surface area contributed by atoms with Crippen LogP contribution in [0.2, 0.25) is 0 Å². The van der Waals surface area contributed by atoms with Crippen LogP contribution in [0.3, 0.4) is 0 Å². The molecule has 0 saturated heterocycles. The Bertz CT molecular complexity index is 233. The molecule has 1 aliphatic carbocycles. The molecule has 0 unspecified atom stereocenters. The third-order valence-corrected chi connectivity index (χ3v) is 4.87. The van der Waals surface area contributed by atoms with Crippen LogP contribution in [-0.2, 0) is 0 Å². The molecule has 128 valence electrons. The fourth-order valence-electron chi connectivity index (χ4n) is 3.35. The Kier molecular flexibility index (Phi) is 15.0. The van der Waals surface area contributed by atoms with E-state index in [1.165, 1.54) is 116 Å². The van der Waals surface area contributed by atoms with Crippen LogP contribution in [0.5, 0.6) is 0 Å². The maximum Gasteiger partial charge on any atom is -0.0348 e. The summed E-state index contributed by atoms with van der Waals surface area (Å²) in [7, 11) is 0. The first-order valence-electron chi connectivity index (χ1n) is 10.3. The third-order valence-electron chi connectivity index (χ3n) is 4.87. The summed E-state index contributed by atoms with van der Waals surface area (Å²) in [5, 5.41) is 0. The highest BCUT2D eigenvalue weighted by atomic mass is 14.0. The minimum atomic E-state index is 1.27. The minimum absolute atomic E-state index is 1.27. The van der Waals surface area contributed by atoms with Crippen LogP contribution in [0.15, 0.2) is 24.3 Å². The van der Waals surface area contributed by atoms with E-state index in [1.54, 1.807) is 0 Å². The summed E-state index contributed by atoms with van der Waals surface area (Å²) < 4.78 is 0. The zero-order chi connectivity index (χ0) is 15.6. The summed E-state index contributed by atoms with van der Waals surface area (Å²) in [5.41, 5.74) is 0. The van der Waals surface area contributed by atoms with E-state index in [2.05, 4.69) is 24.3 Å². The predicted octanol–water partition coefficient (Wildman–Crippen LogP) is 8.13. The van der Waals surface area contributed by atoms with Gasteiger partial charge in [-0.2, -0.15) is 0 Å². The van der Waals surface area contributed by atoms with Gasteiger partial charge in [0.15, 0.2) is 0 Å². The highest BCUT2D eigenvalue weighted by Crippen LogP contribution is 2.14. The topological polar surface area (TPSA) is 0 Å². The van der Waals surface area contributed by atoms with Crippen molar-refractivity contribution in [2.24, 2.45) is 0 Å². The first-order chi connectivity index (χ1) is 11.0. The maximum atomic E-state index is 2.35. The van der Waals surface area contributed by atoms with Gasteiger partial charge < -0.3 is 0 Å². The zero-order valence-electron chi connectivity index (χ0n) is 15.0. The first kappa shape index (κ1) is 19.5. The summed E-state index contributed by atoms with van der Waals surface area (Å²) in [6.07, 6.45) is 35.0. The first-order valence-corrected chi connectivity index (χ1v) is 10.3. The van der Waals surface area contributed by atoms with Gasteiger partial charge in [0.2, 0.25) is 0 Å². The molecule has 0 N–H and O–H groups in total. The van der Waals surface area contributed by atoms with Crippen LogP contribution in [0.25, 0.3) is 0 Å². The van der Waals surface area contributed by atoms with Gasteiger partial charge >= 0.3 is 0 Å². The molecule has 0 aromatic carbocycles. The van der Waals surface area contributed by atoms with Crippen molar-refractivity contribution in [3.8, 4) is 0 Å².